The molecule has 106 valence electrons. The molecule has 5 nitrogen and oxygen atoms in total. The molecule has 0 unspecified atom stereocenters. The molecular formula is C12H16BrNO4S. The van der Waals surface area contributed by atoms with Crippen LogP contribution < -0.4 is 4.74 Å². The van der Waals surface area contributed by atoms with E-state index in [9.17, 15) is 15.2 Å². The Morgan fingerprint density at radius 1 is 1.58 bits per heavy atom. The van der Waals surface area contributed by atoms with Gasteiger partial charge in [-0.25, -0.2) is 0 Å². The van der Waals surface area contributed by atoms with E-state index in [0.717, 1.165) is 12.2 Å². The predicted octanol–water partition coefficient (Wildman–Crippen LogP) is 3.54. The molecule has 1 aromatic rings. The summed E-state index contributed by atoms with van der Waals surface area (Å²) >= 11 is 4.89. The number of ether oxygens (including phenoxy) is 1. The highest BCUT2D eigenvalue weighted by molar-refractivity contribution is 9.10. The van der Waals surface area contributed by atoms with Gasteiger partial charge in [0.15, 0.2) is 0 Å². The molecule has 19 heavy (non-hydrogen) atoms. The molecule has 0 aromatic heterocycles. The Labute approximate surface area is 124 Å². The van der Waals surface area contributed by atoms with Crippen LogP contribution in [0.1, 0.15) is 25.0 Å². The normalized spacial score (nSPS) is 12.2. The minimum atomic E-state index is -0.827. The lowest BCUT2D eigenvalue weighted by molar-refractivity contribution is -0.386. The molecule has 0 saturated carbocycles. The SMILES string of the molecule is CSCCCOc1c([C@@H](C)O)cc(Br)cc1[N+](=O)[O-]. The third kappa shape index (κ3) is 4.67. The second-order valence-corrected chi connectivity index (χ2v) is 5.87. The zero-order chi connectivity index (χ0) is 14.4. The maximum atomic E-state index is 11.1. The Morgan fingerprint density at radius 3 is 2.79 bits per heavy atom. The Morgan fingerprint density at radius 2 is 2.26 bits per heavy atom. The average Bonchev–Trinajstić information content (AvgIpc) is 2.34. The van der Waals surface area contributed by atoms with Crippen molar-refractivity contribution in [3.63, 3.8) is 0 Å². The van der Waals surface area contributed by atoms with Crippen molar-refractivity contribution in [3.8, 4) is 5.75 Å². The molecule has 0 radical (unpaired) electrons. The van der Waals surface area contributed by atoms with Gasteiger partial charge in [0, 0.05) is 16.1 Å². The van der Waals surface area contributed by atoms with Crippen molar-refractivity contribution in [1.29, 1.82) is 0 Å². The molecule has 0 aliphatic heterocycles. The molecule has 1 rings (SSSR count). The van der Waals surface area contributed by atoms with Gasteiger partial charge >= 0.3 is 5.69 Å². The van der Waals surface area contributed by atoms with Crippen LogP contribution in [0.5, 0.6) is 5.75 Å². The van der Waals surface area contributed by atoms with E-state index < -0.39 is 11.0 Å². The average molecular weight is 350 g/mol. The molecule has 0 fully saturated rings. The second kappa shape index (κ2) is 7.72. The monoisotopic (exact) mass is 349 g/mol. The first kappa shape index (κ1) is 16.3. The van der Waals surface area contributed by atoms with Crippen LogP contribution in [0, 0.1) is 10.1 Å². The van der Waals surface area contributed by atoms with E-state index in [1.165, 1.54) is 6.07 Å². The van der Waals surface area contributed by atoms with E-state index in [1.54, 1.807) is 24.8 Å². The van der Waals surface area contributed by atoms with Crippen molar-refractivity contribution >= 4 is 33.4 Å². The molecule has 1 aromatic carbocycles. The highest BCUT2D eigenvalue weighted by Crippen LogP contribution is 2.37. The first-order chi connectivity index (χ1) is 8.97. The zero-order valence-electron chi connectivity index (χ0n) is 10.8. The van der Waals surface area contributed by atoms with Gasteiger partial charge in [-0.15, -0.1) is 0 Å². The molecule has 0 aliphatic carbocycles. The van der Waals surface area contributed by atoms with Crippen molar-refractivity contribution in [1.82, 2.24) is 0 Å². The Balaban J connectivity index is 3.05. The molecule has 1 atom stereocenters. The zero-order valence-corrected chi connectivity index (χ0v) is 13.2. The largest absolute Gasteiger partial charge is 0.487 e. The minimum Gasteiger partial charge on any atom is -0.487 e. The molecule has 0 saturated heterocycles. The first-order valence-electron chi connectivity index (χ1n) is 5.75. The van der Waals surface area contributed by atoms with Gasteiger partial charge in [0.1, 0.15) is 0 Å². The van der Waals surface area contributed by atoms with Crippen LogP contribution >= 0.6 is 27.7 Å². The van der Waals surface area contributed by atoms with E-state index in [2.05, 4.69) is 15.9 Å². The molecule has 1 N–H and O–H groups in total. The molecule has 0 spiro atoms. The fourth-order valence-corrected chi connectivity index (χ4v) is 2.45. The van der Waals surface area contributed by atoms with Crippen molar-refractivity contribution < 1.29 is 14.8 Å². The summed E-state index contributed by atoms with van der Waals surface area (Å²) in [5.41, 5.74) is 0.291. The Kier molecular flexibility index (Phi) is 6.60. The lowest BCUT2D eigenvalue weighted by Crippen LogP contribution is -2.06. The summed E-state index contributed by atoms with van der Waals surface area (Å²) in [6, 6.07) is 3.03. The number of hydrogen-bond donors (Lipinski definition) is 1. The molecule has 7 heteroatoms. The first-order valence-corrected chi connectivity index (χ1v) is 7.93. The van der Waals surface area contributed by atoms with E-state index in [0.29, 0.717) is 16.6 Å². The van der Waals surface area contributed by atoms with Gasteiger partial charge in [-0.05, 0) is 31.4 Å². The summed E-state index contributed by atoms with van der Waals surface area (Å²) in [4.78, 5) is 10.6. The van der Waals surface area contributed by atoms with Crippen LogP contribution in [-0.4, -0.2) is 28.6 Å². The number of aliphatic hydroxyl groups is 1. The highest BCUT2D eigenvalue weighted by Gasteiger charge is 2.23. The molecule has 0 heterocycles. The van der Waals surface area contributed by atoms with Crippen LogP contribution in [0.4, 0.5) is 5.69 Å². The van der Waals surface area contributed by atoms with Gasteiger partial charge < -0.3 is 9.84 Å². The number of halogens is 1. The summed E-state index contributed by atoms with van der Waals surface area (Å²) in [7, 11) is 0. The van der Waals surface area contributed by atoms with Crippen LogP contribution in [-0.2, 0) is 0 Å². The van der Waals surface area contributed by atoms with Gasteiger partial charge in [-0.1, -0.05) is 15.9 Å². The van der Waals surface area contributed by atoms with Crippen LogP contribution in [0.15, 0.2) is 16.6 Å². The third-order valence-corrected chi connectivity index (χ3v) is 3.60. The summed E-state index contributed by atoms with van der Waals surface area (Å²) < 4.78 is 6.06. The molecule has 0 aliphatic rings. The number of hydrogen-bond acceptors (Lipinski definition) is 5. The molecule has 0 bridgehead atoms. The minimum absolute atomic E-state index is 0.130. The van der Waals surface area contributed by atoms with E-state index in [1.807, 2.05) is 6.26 Å². The van der Waals surface area contributed by atoms with E-state index in [4.69, 9.17) is 4.74 Å². The van der Waals surface area contributed by atoms with Crippen molar-refractivity contribution in [2.24, 2.45) is 0 Å². The topological polar surface area (TPSA) is 72.6 Å². The van der Waals surface area contributed by atoms with Crippen LogP contribution in [0.25, 0.3) is 0 Å². The molecular weight excluding hydrogens is 334 g/mol. The maximum absolute atomic E-state index is 11.1. The van der Waals surface area contributed by atoms with Crippen LogP contribution in [0.3, 0.4) is 0 Å². The third-order valence-electron chi connectivity index (χ3n) is 2.45. The smallest absolute Gasteiger partial charge is 0.312 e. The van der Waals surface area contributed by atoms with Gasteiger partial charge in [0.05, 0.1) is 17.6 Å². The summed E-state index contributed by atoms with van der Waals surface area (Å²) in [6.45, 7) is 1.95. The van der Waals surface area contributed by atoms with E-state index in [-0.39, 0.29) is 11.4 Å². The standard InChI is InChI=1S/C12H16BrNO4S/c1-8(15)10-6-9(13)7-11(14(16)17)12(10)18-4-3-5-19-2/h6-8,15H,3-5H2,1-2H3/t8-/m1/s1. The second-order valence-electron chi connectivity index (χ2n) is 3.97. The fourth-order valence-electron chi connectivity index (χ4n) is 1.58. The number of nitrogens with zero attached hydrogens (tertiary/aromatic N) is 1. The summed E-state index contributed by atoms with van der Waals surface area (Å²) in [5, 5.41) is 20.8. The predicted molar refractivity (Wildman–Crippen MR) is 79.9 cm³/mol. The summed E-state index contributed by atoms with van der Waals surface area (Å²) in [6.07, 6.45) is 1.96. The molecule has 0 amide bonds. The van der Waals surface area contributed by atoms with Crippen LogP contribution in [0.2, 0.25) is 0 Å². The number of nitro groups is 1. The Hall–Kier alpha value is -0.790. The number of nitro benzene ring substituents is 1. The van der Waals surface area contributed by atoms with Crippen molar-refractivity contribution in [2.75, 3.05) is 18.6 Å². The highest BCUT2D eigenvalue weighted by atomic mass is 79.9. The quantitative estimate of drug-likeness (QED) is 0.463. The lowest BCUT2D eigenvalue weighted by Gasteiger charge is -2.14. The lowest BCUT2D eigenvalue weighted by atomic mass is 10.1. The van der Waals surface area contributed by atoms with Crippen molar-refractivity contribution in [2.45, 2.75) is 19.4 Å². The van der Waals surface area contributed by atoms with Gasteiger partial charge in [0.2, 0.25) is 5.75 Å². The van der Waals surface area contributed by atoms with Gasteiger partial charge in [-0.2, -0.15) is 11.8 Å². The number of rotatable bonds is 7. The van der Waals surface area contributed by atoms with Crippen molar-refractivity contribution in [3.05, 3.63) is 32.3 Å². The fraction of sp³-hybridized carbons (Fsp3) is 0.500. The summed E-state index contributed by atoms with van der Waals surface area (Å²) in [5.74, 6) is 1.08. The van der Waals surface area contributed by atoms with Gasteiger partial charge in [0.25, 0.3) is 0 Å². The maximum Gasteiger partial charge on any atom is 0.312 e. The Bertz CT molecular complexity index is 454. The number of aliphatic hydroxyl groups excluding tert-OH is 1. The number of benzene rings is 1. The number of thioether (sulfide) groups is 1. The van der Waals surface area contributed by atoms with E-state index >= 15 is 0 Å². The van der Waals surface area contributed by atoms with Gasteiger partial charge in [-0.3, -0.25) is 10.1 Å².